The van der Waals surface area contributed by atoms with Crippen molar-refractivity contribution in [1.82, 2.24) is 24.6 Å². The number of aromatic nitrogens is 4. The standard InChI is InChI=1S/C26H33N6O8P/c1-4-17(33)10-11-19(26(35)38-16(2)3)31-41(36,40-18-8-6-5-7-9-18)37-13-21-20(34)12-22(39-21)32-15-30-23-24(27)28-14-29-25(23)32/h4-9,14-16,19-22,34H,1,10-13H2,2-3H3,(H,31,36)(H2,27,28,29)/t19-,20?,21+,22+,41?/m0/s1. The van der Waals surface area contributed by atoms with Crippen LogP contribution in [-0.4, -0.2) is 67.3 Å². The molecule has 0 spiro atoms. The normalized spacial score (nSPS) is 20.9. The second-order valence-corrected chi connectivity index (χ2v) is 11.3. The van der Waals surface area contributed by atoms with Crippen LogP contribution >= 0.6 is 7.75 Å². The molecule has 14 nitrogen and oxygen atoms in total. The zero-order chi connectivity index (χ0) is 29.6. The molecule has 4 rings (SSSR count). The lowest BCUT2D eigenvalue weighted by Crippen LogP contribution is -2.39. The molecule has 2 unspecified atom stereocenters. The number of ether oxygens (including phenoxy) is 2. The molecule has 4 N–H and O–H groups in total. The third kappa shape index (κ3) is 7.75. The van der Waals surface area contributed by atoms with Gasteiger partial charge in [-0.2, -0.15) is 5.09 Å². The van der Waals surface area contributed by atoms with Gasteiger partial charge in [0, 0.05) is 12.8 Å². The van der Waals surface area contributed by atoms with Crippen LogP contribution in [0.1, 0.15) is 39.3 Å². The highest BCUT2D eigenvalue weighted by atomic mass is 31.2. The molecule has 1 aliphatic rings. The highest BCUT2D eigenvalue weighted by molar-refractivity contribution is 7.52. The van der Waals surface area contributed by atoms with Gasteiger partial charge in [0.2, 0.25) is 0 Å². The second kappa shape index (κ2) is 13.3. The Labute approximate surface area is 236 Å². The summed E-state index contributed by atoms with van der Waals surface area (Å²) in [7, 11) is -4.30. The number of imidazole rings is 1. The molecule has 3 heterocycles. The van der Waals surface area contributed by atoms with Crippen LogP contribution in [0.25, 0.3) is 11.2 Å². The van der Waals surface area contributed by atoms with Crippen LogP contribution in [-0.2, 0) is 28.2 Å². The van der Waals surface area contributed by atoms with E-state index in [0.29, 0.717) is 11.2 Å². The Hall–Kier alpha value is -3.68. The monoisotopic (exact) mass is 588 g/mol. The lowest BCUT2D eigenvalue weighted by molar-refractivity contribution is -0.149. The molecule has 0 radical (unpaired) electrons. The number of para-hydroxylation sites is 1. The van der Waals surface area contributed by atoms with Crippen molar-refractivity contribution in [3.63, 3.8) is 0 Å². The van der Waals surface area contributed by atoms with Crippen molar-refractivity contribution < 1.29 is 37.8 Å². The molecule has 1 aliphatic heterocycles. The number of allylic oxidation sites excluding steroid dienone is 1. The molecule has 0 saturated carbocycles. The van der Waals surface area contributed by atoms with Crippen LogP contribution in [0, 0.1) is 0 Å². The average molecular weight is 589 g/mol. The number of hydrogen-bond acceptors (Lipinski definition) is 12. The topological polar surface area (TPSA) is 190 Å². The number of carbonyl (C=O) groups excluding carboxylic acids is 2. The second-order valence-electron chi connectivity index (χ2n) is 9.59. The molecule has 1 aromatic carbocycles. The first kappa shape index (κ1) is 30.3. The van der Waals surface area contributed by atoms with Gasteiger partial charge in [0.15, 0.2) is 17.2 Å². The van der Waals surface area contributed by atoms with Crippen molar-refractivity contribution in [2.24, 2.45) is 0 Å². The van der Waals surface area contributed by atoms with Gasteiger partial charge in [0.25, 0.3) is 0 Å². The zero-order valence-electron chi connectivity index (χ0n) is 22.7. The fourth-order valence-corrected chi connectivity index (χ4v) is 5.67. The van der Waals surface area contributed by atoms with E-state index in [9.17, 15) is 19.3 Å². The number of hydrogen-bond donors (Lipinski definition) is 3. The molecular formula is C26H33N6O8P. The van der Waals surface area contributed by atoms with E-state index >= 15 is 0 Å². The maximum atomic E-state index is 14.0. The summed E-state index contributed by atoms with van der Waals surface area (Å²) >= 11 is 0. The lowest BCUT2D eigenvalue weighted by Gasteiger charge is -2.26. The zero-order valence-corrected chi connectivity index (χ0v) is 23.6. The molecule has 0 bridgehead atoms. The summed E-state index contributed by atoms with van der Waals surface area (Å²) < 4.78 is 38.4. The van der Waals surface area contributed by atoms with Crippen LogP contribution in [0.3, 0.4) is 0 Å². The number of ketones is 1. The van der Waals surface area contributed by atoms with Crippen LogP contribution < -0.4 is 15.3 Å². The highest BCUT2D eigenvalue weighted by Crippen LogP contribution is 2.46. The van der Waals surface area contributed by atoms with Crippen molar-refractivity contribution in [1.29, 1.82) is 0 Å². The Morgan fingerprint density at radius 1 is 1.29 bits per heavy atom. The van der Waals surface area contributed by atoms with Gasteiger partial charge in [-0.05, 0) is 38.5 Å². The fraction of sp³-hybridized carbons (Fsp3) is 0.423. The van der Waals surface area contributed by atoms with Gasteiger partial charge < -0.3 is 24.8 Å². The number of nitrogens with two attached hydrogens (primary N) is 1. The largest absolute Gasteiger partial charge is 0.462 e. The third-order valence-corrected chi connectivity index (χ3v) is 7.70. The summed E-state index contributed by atoms with van der Waals surface area (Å²) in [6.07, 6.45) is 0.918. The minimum absolute atomic E-state index is 0.0504. The number of esters is 1. The van der Waals surface area contributed by atoms with Crippen LogP contribution in [0.2, 0.25) is 0 Å². The van der Waals surface area contributed by atoms with Gasteiger partial charge >= 0.3 is 13.7 Å². The van der Waals surface area contributed by atoms with Gasteiger partial charge in [0.1, 0.15) is 36.0 Å². The highest BCUT2D eigenvalue weighted by Gasteiger charge is 2.40. The summed E-state index contributed by atoms with van der Waals surface area (Å²) in [4.78, 5) is 37.1. The number of nitrogens with zero attached hydrogens (tertiary/aromatic N) is 4. The molecule has 2 aromatic heterocycles. The number of aliphatic hydroxyl groups is 1. The number of anilines is 1. The van der Waals surface area contributed by atoms with E-state index < -0.39 is 44.3 Å². The van der Waals surface area contributed by atoms with E-state index in [0.717, 1.165) is 6.08 Å². The van der Waals surface area contributed by atoms with Gasteiger partial charge in [-0.3, -0.25) is 18.7 Å². The number of fused-ring (bicyclic) bond motifs is 1. The first-order chi connectivity index (χ1) is 19.6. The Bertz CT molecular complexity index is 1420. The molecule has 5 atom stereocenters. The van der Waals surface area contributed by atoms with E-state index in [1.807, 2.05) is 0 Å². The van der Waals surface area contributed by atoms with Gasteiger partial charge in [-0.15, -0.1) is 0 Å². The lowest BCUT2D eigenvalue weighted by atomic mass is 10.1. The van der Waals surface area contributed by atoms with Crippen molar-refractivity contribution in [2.45, 2.75) is 63.7 Å². The summed E-state index contributed by atoms with van der Waals surface area (Å²) in [6.45, 7) is 6.41. The minimum Gasteiger partial charge on any atom is -0.462 e. The molecule has 41 heavy (non-hydrogen) atoms. The van der Waals surface area contributed by atoms with Gasteiger partial charge in [-0.1, -0.05) is 24.8 Å². The Balaban J connectivity index is 1.52. The molecule has 1 saturated heterocycles. The predicted molar refractivity (Wildman–Crippen MR) is 147 cm³/mol. The van der Waals surface area contributed by atoms with Crippen molar-refractivity contribution >= 4 is 36.5 Å². The summed E-state index contributed by atoms with van der Waals surface area (Å²) in [6, 6.07) is 7.02. The number of nitrogen functional groups attached to an aromatic ring is 1. The summed E-state index contributed by atoms with van der Waals surface area (Å²) in [5, 5.41) is 13.4. The number of carbonyl (C=O) groups is 2. The predicted octanol–water partition coefficient (Wildman–Crippen LogP) is 2.71. The number of aliphatic hydroxyl groups excluding tert-OH is 1. The van der Waals surface area contributed by atoms with Crippen molar-refractivity contribution in [3.8, 4) is 5.75 Å². The number of benzene rings is 1. The first-order valence-corrected chi connectivity index (χ1v) is 14.5. The van der Waals surface area contributed by atoms with Crippen molar-refractivity contribution in [3.05, 3.63) is 55.6 Å². The van der Waals surface area contributed by atoms with E-state index in [-0.39, 0.29) is 43.2 Å². The fourth-order valence-electron chi connectivity index (χ4n) is 4.13. The quantitative estimate of drug-likeness (QED) is 0.142. The summed E-state index contributed by atoms with van der Waals surface area (Å²) in [5.74, 6) is -0.628. The van der Waals surface area contributed by atoms with Crippen LogP contribution in [0.5, 0.6) is 5.75 Å². The third-order valence-electron chi connectivity index (χ3n) is 6.14. The van der Waals surface area contributed by atoms with Crippen molar-refractivity contribution in [2.75, 3.05) is 12.3 Å². The van der Waals surface area contributed by atoms with Gasteiger partial charge in [-0.25, -0.2) is 19.5 Å². The molecule has 0 aliphatic carbocycles. The molecule has 0 amide bonds. The van der Waals surface area contributed by atoms with E-state index in [4.69, 9.17) is 24.3 Å². The van der Waals surface area contributed by atoms with E-state index in [1.54, 1.807) is 48.7 Å². The Kier molecular flexibility index (Phi) is 9.84. The smallest absolute Gasteiger partial charge is 0.459 e. The molecule has 3 aromatic rings. The van der Waals surface area contributed by atoms with Gasteiger partial charge in [0.05, 0.1) is 25.1 Å². The Morgan fingerprint density at radius 2 is 2.05 bits per heavy atom. The van der Waals surface area contributed by atoms with Crippen LogP contribution in [0.15, 0.2) is 55.6 Å². The molecule has 1 fully saturated rings. The molecule has 15 heteroatoms. The molecular weight excluding hydrogens is 555 g/mol. The van der Waals surface area contributed by atoms with Crippen LogP contribution in [0.4, 0.5) is 5.82 Å². The maximum Gasteiger partial charge on any atom is 0.459 e. The van der Waals surface area contributed by atoms with E-state index in [2.05, 4.69) is 26.6 Å². The Morgan fingerprint density at radius 3 is 2.76 bits per heavy atom. The number of nitrogens with one attached hydrogen (secondary N) is 1. The average Bonchev–Trinajstić information content (AvgIpc) is 3.54. The SMILES string of the molecule is C=CC(=O)CC[C@H](NP(=O)(OC[C@H]1O[C@@H](n2cnc3c(N)ncnc32)CC1O)Oc1ccccc1)C(=O)OC(C)C. The molecule has 220 valence electrons. The van der Waals surface area contributed by atoms with E-state index in [1.165, 1.54) is 12.7 Å². The number of rotatable bonds is 14. The summed E-state index contributed by atoms with van der Waals surface area (Å²) in [5.41, 5.74) is 6.69. The maximum absolute atomic E-state index is 14.0. The minimum atomic E-state index is -4.30. The first-order valence-electron chi connectivity index (χ1n) is 13.0.